The van der Waals surface area contributed by atoms with Crippen molar-refractivity contribution in [1.82, 2.24) is 9.55 Å². The third-order valence-corrected chi connectivity index (χ3v) is 5.41. The molecular formula is C17H15ClN2O4S. The summed E-state index contributed by atoms with van der Waals surface area (Å²) in [7, 11) is 0. The van der Waals surface area contributed by atoms with Crippen molar-refractivity contribution in [2.75, 3.05) is 0 Å². The number of thiophene rings is 1. The molecule has 0 fully saturated rings. The average Bonchev–Trinajstić information content (AvgIpc) is 2.84. The minimum Gasteiger partial charge on any atom is -0.480 e. The molecule has 2 aromatic heterocycles. The highest BCUT2D eigenvalue weighted by Crippen LogP contribution is 2.35. The van der Waals surface area contributed by atoms with Crippen molar-refractivity contribution in [3.63, 3.8) is 0 Å². The zero-order valence-electron chi connectivity index (χ0n) is 13.7. The van der Waals surface area contributed by atoms with Gasteiger partial charge in [0.25, 0.3) is 5.56 Å². The first-order chi connectivity index (χ1) is 11.6. The molecule has 25 heavy (non-hydrogen) atoms. The van der Waals surface area contributed by atoms with Crippen LogP contribution in [0.4, 0.5) is 0 Å². The summed E-state index contributed by atoms with van der Waals surface area (Å²) in [5.41, 5.74) is -1.59. The molecule has 3 aromatic rings. The standard InChI is InChI=1S/C17H15ClN2O4S/c1-8-11(9-4-6-10(18)7-5-9)12-13(25-8)19-16(24)20(14(12)21)17(2,3)15(22)23/h4-7H,1-3H3,(H,19,24)(H,22,23). The summed E-state index contributed by atoms with van der Waals surface area (Å²) in [4.78, 5) is 40.8. The van der Waals surface area contributed by atoms with Crippen LogP contribution in [0.25, 0.3) is 21.3 Å². The van der Waals surface area contributed by atoms with Gasteiger partial charge in [-0.2, -0.15) is 0 Å². The van der Waals surface area contributed by atoms with Gasteiger partial charge in [-0.1, -0.05) is 23.7 Å². The van der Waals surface area contributed by atoms with E-state index in [1.54, 1.807) is 24.3 Å². The molecule has 0 aliphatic heterocycles. The lowest BCUT2D eigenvalue weighted by atomic mass is 10.0. The second-order valence-corrected chi connectivity index (χ2v) is 7.84. The molecule has 130 valence electrons. The van der Waals surface area contributed by atoms with Gasteiger partial charge in [-0.25, -0.2) is 14.2 Å². The van der Waals surface area contributed by atoms with Crippen molar-refractivity contribution >= 4 is 39.1 Å². The van der Waals surface area contributed by atoms with E-state index in [0.29, 0.717) is 20.8 Å². The number of H-pyrrole nitrogens is 1. The zero-order valence-corrected chi connectivity index (χ0v) is 15.3. The molecule has 0 radical (unpaired) electrons. The van der Waals surface area contributed by atoms with Crippen molar-refractivity contribution in [2.45, 2.75) is 26.3 Å². The fraction of sp³-hybridized carbons (Fsp3) is 0.235. The van der Waals surface area contributed by atoms with Crippen LogP contribution in [0.15, 0.2) is 33.9 Å². The van der Waals surface area contributed by atoms with E-state index in [1.807, 2.05) is 6.92 Å². The smallest absolute Gasteiger partial charge is 0.330 e. The second-order valence-electron chi connectivity index (χ2n) is 6.18. The lowest BCUT2D eigenvalue weighted by molar-refractivity contribution is -0.146. The normalized spacial score (nSPS) is 11.8. The molecule has 0 saturated heterocycles. The number of rotatable bonds is 3. The highest BCUT2D eigenvalue weighted by Gasteiger charge is 2.34. The summed E-state index contributed by atoms with van der Waals surface area (Å²) in [5, 5.41) is 10.3. The number of benzene rings is 1. The summed E-state index contributed by atoms with van der Waals surface area (Å²) in [6.45, 7) is 4.48. The SMILES string of the molecule is Cc1sc2[nH]c(=O)n(C(C)(C)C(=O)O)c(=O)c2c1-c1ccc(Cl)cc1. The van der Waals surface area contributed by atoms with Crippen LogP contribution in [0.2, 0.25) is 5.02 Å². The first-order valence-corrected chi connectivity index (χ1v) is 8.62. The molecule has 2 heterocycles. The van der Waals surface area contributed by atoms with Crippen LogP contribution in [0.3, 0.4) is 0 Å². The summed E-state index contributed by atoms with van der Waals surface area (Å²) >= 11 is 7.21. The van der Waals surface area contributed by atoms with Gasteiger partial charge in [-0.3, -0.25) is 9.78 Å². The third kappa shape index (κ3) is 2.69. The number of hydrogen-bond donors (Lipinski definition) is 2. The molecule has 1 aromatic carbocycles. The van der Waals surface area contributed by atoms with Gasteiger partial charge in [0.2, 0.25) is 0 Å². The van der Waals surface area contributed by atoms with E-state index in [9.17, 15) is 19.5 Å². The molecule has 0 spiro atoms. The van der Waals surface area contributed by atoms with E-state index in [4.69, 9.17) is 11.6 Å². The Morgan fingerprint density at radius 1 is 1.24 bits per heavy atom. The molecule has 0 saturated carbocycles. The van der Waals surface area contributed by atoms with Crippen LogP contribution in [0, 0.1) is 6.92 Å². The zero-order chi connectivity index (χ0) is 18.5. The first kappa shape index (κ1) is 17.4. The molecule has 8 heteroatoms. The summed E-state index contributed by atoms with van der Waals surface area (Å²) in [6.07, 6.45) is 0. The molecular weight excluding hydrogens is 364 g/mol. The van der Waals surface area contributed by atoms with Gasteiger partial charge in [0.1, 0.15) is 10.4 Å². The van der Waals surface area contributed by atoms with E-state index < -0.39 is 22.8 Å². The van der Waals surface area contributed by atoms with E-state index in [-0.39, 0.29) is 0 Å². The number of carbonyl (C=O) groups is 1. The van der Waals surface area contributed by atoms with Crippen LogP contribution < -0.4 is 11.2 Å². The quantitative estimate of drug-likeness (QED) is 0.732. The molecule has 6 nitrogen and oxygen atoms in total. The molecule has 0 aliphatic carbocycles. The number of nitrogens with zero attached hydrogens (tertiary/aromatic N) is 1. The molecule has 0 bridgehead atoms. The topological polar surface area (TPSA) is 92.2 Å². The fourth-order valence-electron chi connectivity index (χ4n) is 2.76. The molecule has 0 unspecified atom stereocenters. The predicted molar refractivity (Wildman–Crippen MR) is 98.8 cm³/mol. The number of aliphatic carboxylic acids is 1. The van der Waals surface area contributed by atoms with E-state index >= 15 is 0 Å². The predicted octanol–water partition coefficient (Wildman–Crippen LogP) is 3.20. The number of hydrogen-bond acceptors (Lipinski definition) is 4. The number of aromatic nitrogens is 2. The van der Waals surface area contributed by atoms with E-state index in [0.717, 1.165) is 15.0 Å². The number of aromatic amines is 1. The van der Waals surface area contributed by atoms with E-state index in [2.05, 4.69) is 4.98 Å². The van der Waals surface area contributed by atoms with Crippen molar-refractivity contribution in [3.8, 4) is 11.1 Å². The fourth-order valence-corrected chi connectivity index (χ4v) is 3.95. The number of aryl methyl sites for hydroxylation is 1. The van der Waals surface area contributed by atoms with Crippen LogP contribution in [0.5, 0.6) is 0 Å². The van der Waals surface area contributed by atoms with Gasteiger partial charge in [0.15, 0.2) is 0 Å². The van der Waals surface area contributed by atoms with E-state index in [1.165, 1.54) is 25.2 Å². The van der Waals surface area contributed by atoms with Crippen LogP contribution in [-0.4, -0.2) is 20.6 Å². The Morgan fingerprint density at radius 2 is 1.84 bits per heavy atom. The summed E-state index contributed by atoms with van der Waals surface area (Å²) in [6, 6.07) is 7.00. The Morgan fingerprint density at radius 3 is 2.40 bits per heavy atom. The third-order valence-electron chi connectivity index (χ3n) is 4.14. The minimum atomic E-state index is -1.67. The van der Waals surface area contributed by atoms with Gasteiger partial charge in [-0.05, 0) is 38.5 Å². The number of carboxylic acid groups (broad SMARTS) is 1. The Kier molecular flexibility index (Phi) is 4.09. The number of nitrogens with one attached hydrogen (secondary N) is 1. The molecule has 2 N–H and O–H groups in total. The number of carboxylic acids is 1. The molecule has 0 atom stereocenters. The highest BCUT2D eigenvalue weighted by atomic mass is 35.5. The highest BCUT2D eigenvalue weighted by molar-refractivity contribution is 7.19. The molecule has 3 rings (SSSR count). The lowest BCUT2D eigenvalue weighted by Crippen LogP contribution is -2.50. The maximum absolute atomic E-state index is 13.0. The number of halogens is 1. The monoisotopic (exact) mass is 378 g/mol. The first-order valence-electron chi connectivity index (χ1n) is 7.43. The Labute approximate surface area is 151 Å². The minimum absolute atomic E-state index is 0.304. The summed E-state index contributed by atoms with van der Waals surface area (Å²) in [5.74, 6) is -1.26. The van der Waals surface area contributed by atoms with Gasteiger partial charge in [0.05, 0.1) is 5.39 Å². The van der Waals surface area contributed by atoms with Crippen molar-refractivity contribution in [3.05, 3.63) is 55.0 Å². The number of fused-ring (bicyclic) bond motifs is 1. The maximum atomic E-state index is 13.0. The maximum Gasteiger partial charge on any atom is 0.330 e. The van der Waals surface area contributed by atoms with Crippen LogP contribution in [0.1, 0.15) is 18.7 Å². The lowest BCUT2D eigenvalue weighted by Gasteiger charge is -2.21. The average molecular weight is 379 g/mol. The molecule has 0 amide bonds. The van der Waals surface area contributed by atoms with Crippen molar-refractivity contribution in [1.29, 1.82) is 0 Å². The van der Waals surface area contributed by atoms with Gasteiger partial charge < -0.3 is 5.11 Å². The Balaban J connectivity index is 2.44. The molecule has 0 aliphatic rings. The Hall–Kier alpha value is -2.38. The van der Waals surface area contributed by atoms with Crippen LogP contribution in [-0.2, 0) is 10.3 Å². The second kappa shape index (κ2) is 5.86. The van der Waals surface area contributed by atoms with Crippen molar-refractivity contribution < 1.29 is 9.90 Å². The summed E-state index contributed by atoms with van der Waals surface area (Å²) < 4.78 is 0.753. The largest absolute Gasteiger partial charge is 0.480 e. The van der Waals surface area contributed by atoms with Crippen LogP contribution >= 0.6 is 22.9 Å². The van der Waals surface area contributed by atoms with Gasteiger partial charge in [-0.15, -0.1) is 11.3 Å². The van der Waals surface area contributed by atoms with Gasteiger partial charge in [0, 0.05) is 15.5 Å². The van der Waals surface area contributed by atoms with Gasteiger partial charge >= 0.3 is 11.7 Å². The van der Waals surface area contributed by atoms with Crippen molar-refractivity contribution in [2.24, 2.45) is 0 Å². The Bertz CT molecular complexity index is 1110.